The van der Waals surface area contributed by atoms with Crippen molar-refractivity contribution in [1.82, 2.24) is 10.1 Å². The van der Waals surface area contributed by atoms with Crippen LogP contribution in [0.3, 0.4) is 0 Å². The molecule has 0 aliphatic heterocycles. The number of anilines is 1. The number of hydrogen-bond acceptors (Lipinski definition) is 4. The highest BCUT2D eigenvalue weighted by Gasteiger charge is 2.02. The van der Waals surface area contributed by atoms with Crippen LogP contribution in [0.2, 0.25) is 0 Å². The minimum absolute atomic E-state index is 0. The van der Waals surface area contributed by atoms with E-state index in [0.29, 0.717) is 30.6 Å². The van der Waals surface area contributed by atoms with Crippen molar-refractivity contribution in [3.63, 3.8) is 0 Å². The van der Waals surface area contributed by atoms with Crippen LogP contribution in [-0.2, 0) is 6.42 Å². The highest BCUT2D eigenvalue weighted by Crippen LogP contribution is 2.13. The number of aliphatic imine (C=N–C) groups is 1. The lowest BCUT2D eigenvalue weighted by Gasteiger charge is -2.07. The normalized spacial score (nSPS) is 11.1. The molecule has 0 unspecified atom stereocenters. The first kappa shape index (κ1) is 17.4. The first-order valence-corrected chi connectivity index (χ1v) is 6.48. The summed E-state index contributed by atoms with van der Waals surface area (Å²) in [4.78, 5) is 8.34. The zero-order valence-electron chi connectivity index (χ0n) is 12.4. The summed E-state index contributed by atoms with van der Waals surface area (Å²) in [6.45, 7) is 6.42. The Morgan fingerprint density at radius 3 is 2.67 bits per heavy atom. The molecule has 0 saturated heterocycles. The lowest BCUT2D eigenvalue weighted by molar-refractivity contribution is 0.376. The number of guanidine groups is 1. The van der Waals surface area contributed by atoms with E-state index in [1.807, 2.05) is 18.2 Å². The molecule has 114 valence electrons. The Balaban J connectivity index is 0.00000220. The van der Waals surface area contributed by atoms with Crippen molar-refractivity contribution in [3.05, 3.63) is 41.0 Å². The van der Waals surface area contributed by atoms with Crippen LogP contribution in [0.1, 0.15) is 22.8 Å². The summed E-state index contributed by atoms with van der Waals surface area (Å²) >= 11 is 0. The molecule has 0 atom stereocenters. The largest absolute Gasteiger partial charge is 0.370 e. The van der Waals surface area contributed by atoms with Gasteiger partial charge >= 0.3 is 0 Å². The molecule has 6 nitrogen and oxygen atoms in total. The van der Waals surface area contributed by atoms with E-state index in [1.165, 1.54) is 11.1 Å². The third kappa shape index (κ3) is 5.33. The highest BCUT2D eigenvalue weighted by atomic mass is 127. The van der Waals surface area contributed by atoms with Crippen LogP contribution in [0, 0.1) is 20.8 Å². The monoisotopic (exact) mass is 401 g/mol. The quantitative estimate of drug-likeness (QED) is 0.467. The molecule has 0 radical (unpaired) electrons. The van der Waals surface area contributed by atoms with E-state index in [4.69, 9.17) is 10.3 Å². The Morgan fingerprint density at radius 1 is 1.29 bits per heavy atom. The predicted octanol–water partition coefficient (Wildman–Crippen LogP) is 2.58. The fourth-order valence-electron chi connectivity index (χ4n) is 1.72. The van der Waals surface area contributed by atoms with Gasteiger partial charge in [0.05, 0.1) is 6.54 Å². The first-order valence-electron chi connectivity index (χ1n) is 6.48. The Kier molecular flexibility index (Phi) is 6.60. The number of benzene rings is 1. The lowest BCUT2D eigenvalue weighted by atomic mass is 10.1. The number of aromatic nitrogens is 2. The molecule has 0 bridgehead atoms. The van der Waals surface area contributed by atoms with Gasteiger partial charge in [-0.1, -0.05) is 11.2 Å². The molecule has 1 heterocycles. The van der Waals surface area contributed by atoms with Gasteiger partial charge in [0.1, 0.15) is 0 Å². The topological polar surface area (TPSA) is 89.3 Å². The fourth-order valence-corrected chi connectivity index (χ4v) is 1.72. The molecule has 2 aromatic rings. The fraction of sp³-hybridized carbons (Fsp3) is 0.357. The van der Waals surface area contributed by atoms with Gasteiger partial charge in [-0.05, 0) is 44.0 Å². The molecule has 0 amide bonds. The Labute approximate surface area is 141 Å². The summed E-state index contributed by atoms with van der Waals surface area (Å²) in [5.41, 5.74) is 9.23. The zero-order valence-corrected chi connectivity index (χ0v) is 14.7. The maximum Gasteiger partial charge on any atom is 0.228 e. The van der Waals surface area contributed by atoms with Gasteiger partial charge in [0.2, 0.25) is 5.89 Å². The molecule has 2 rings (SSSR count). The van der Waals surface area contributed by atoms with Gasteiger partial charge in [-0.25, -0.2) is 0 Å². The molecular weight excluding hydrogens is 381 g/mol. The van der Waals surface area contributed by atoms with E-state index >= 15 is 0 Å². The minimum Gasteiger partial charge on any atom is -0.370 e. The number of hydrogen-bond donors (Lipinski definition) is 2. The van der Waals surface area contributed by atoms with Gasteiger partial charge in [0.15, 0.2) is 11.8 Å². The van der Waals surface area contributed by atoms with Crippen molar-refractivity contribution < 1.29 is 4.52 Å². The van der Waals surface area contributed by atoms with Gasteiger partial charge in [-0.2, -0.15) is 4.98 Å². The third-order valence-corrected chi connectivity index (χ3v) is 2.96. The Hall–Kier alpha value is -1.64. The maximum absolute atomic E-state index is 5.84. The second kappa shape index (κ2) is 7.96. The van der Waals surface area contributed by atoms with Crippen molar-refractivity contribution in [2.75, 3.05) is 11.9 Å². The van der Waals surface area contributed by atoms with E-state index in [2.05, 4.69) is 34.3 Å². The second-order valence-electron chi connectivity index (χ2n) is 4.68. The minimum atomic E-state index is 0. The number of halogens is 1. The summed E-state index contributed by atoms with van der Waals surface area (Å²) in [7, 11) is 0. The van der Waals surface area contributed by atoms with Gasteiger partial charge in [-0.3, -0.25) is 4.99 Å². The number of nitrogens with one attached hydrogen (secondary N) is 1. The van der Waals surface area contributed by atoms with Crippen LogP contribution in [0.25, 0.3) is 0 Å². The van der Waals surface area contributed by atoms with Gasteiger partial charge in [0, 0.05) is 12.1 Å². The summed E-state index contributed by atoms with van der Waals surface area (Å²) in [6, 6.07) is 6.07. The van der Waals surface area contributed by atoms with E-state index in [9.17, 15) is 0 Å². The molecule has 0 spiro atoms. The SMILES string of the molecule is Cc1noc(CCN=C(N)Nc2ccc(C)c(C)c2)n1.I. The molecule has 0 aliphatic carbocycles. The number of rotatable bonds is 4. The summed E-state index contributed by atoms with van der Waals surface area (Å²) in [6.07, 6.45) is 0.580. The van der Waals surface area contributed by atoms with Crippen LogP contribution in [-0.4, -0.2) is 22.6 Å². The first-order chi connectivity index (χ1) is 9.54. The van der Waals surface area contributed by atoms with Crippen molar-refractivity contribution in [2.45, 2.75) is 27.2 Å². The number of aryl methyl sites for hydroxylation is 3. The molecule has 0 saturated carbocycles. The zero-order chi connectivity index (χ0) is 14.5. The molecule has 0 fully saturated rings. The van der Waals surface area contributed by atoms with Crippen molar-refractivity contribution in [2.24, 2.45) is 10.7 Å². The molecule has 1 aromatic heterocycles. The van der Waals surface area contributed by atoms with E-state index in [-0.39, 0.29) is 24.0 Å². The highest BCUT2D eigenvalue weighted by molar-refractivity contribution is 14.0. The Bertz CT molecular complexity index is 624. The van der Waals surface area contributed by atoms with Crippen LogP contribution in [0.4, 0.5) is 5.69 Å². The van der Waals surface area contributed by atoms with Gasteiger partial charge in [-0.15, -0.1) is 24.0 Å². The number of nitrogens with two attached hydrogens (primary N) is 1. The molecule has 0 aliphatic rings. The van der Waals surface area contributed by atoms with Crippen LogP contribution >= 0.6 is 24.0 Å². The average Bonchev–Trinajstić information content (AvgIpc) is 2.80. The van der Waals surface area contributed by atoms with Crippen LogP contribution < -0.4 is 11.1 Å². The predicted molar refractivity (Wildman–Crippen MR) is 94.2 cm³/mol. The van der Waals surface area contributed by atoms with E-state index in [0.717, 1.165) is 5.69 Å². The summed E-state index contributed by atoms with van der Waals surface area (Å²) < 4.78 is 5.00. The van der Waals surface area contributed by atoms with Crippen LogP contribution in [0.5, 0.6) is 0 Å². The molecule has 21 heavy (non-hydrogen) atoms. The van der Waals surface area contributed by atoms with E-state index in [1.54, 1.807) is 6.92 Å². The van der Waals surface area contributed by atoms with Gasteiger partial charge in [0.25, 0.3) is 0 Å². The van der Waals surface area contributed by atoms with Crippen molar-refractivity contribution in [3.8, 4) is 0 Å². The second-order valence-corrected chi connectivity index (χ2v) is 4.68. The van der Waals surface area contributed by atoms with Gasteiger partial charge < -0.3 is 15.6 Å². The third-order valence-electron chi connectivity index (χ3n) is 2.96. The van der Waals surface area contributed by atoms with Crippen molar-refractivity contribution >= 4 is 35.6 Å². The molecule has 1 aromatic carbocycles. The van der Waals surface area contributed by atoms with E-state index < -0.39 is 0 Å². The molecule has 7 heteroatoms. The lowest BCUT2D eigenvalue weighted by Crippen LogP contribution is -2.23. The molecule has 3 N–H and O–H groups in total. The average molecular weight is 401 g/mol. The standard InChI is InChI=1S/C14H19N5O.HI/c1-9-4-5-12(8-10(9)2)18-14(15)16-7-6-13-17-11(3)19-20-13;/h4-5,8H,6-7H2,1-3H3,(H3,15,16,18);1H. The Morgan fingerprint density at radius 2 is 2.05 bits per heavy atom. The summed E-state index contributed by atoms with van der Waals surface area (Å²) in [5, 5.41) is 6.78. The smallest absolute Gasteiger partial charge is 0.228 e. The van der Waals surface area contributed by atoms with Crippen molar-refractivity contribution in [1.29, 1.82) is 0 Å². The summed E-state index contributed by atoms with van der Waals surface area (Å²) in [5.74, 6) is 1.58. The molecular formula is C14H20IN5O. The maximum atomic E-state index is 5.84. The van der Waals surface area contributed by atoms with Crippen LogP contribution in [0.15, 0.2) is 27.7 Å². The number of nitrogens with zero attached hydrogens (tertiary/aromatic N) is 3.